The molecule has 0 saturated carbocycles. The van der Waals surface area contributed by atoms with Crippen LogP contribution in [0.15, 0.2) is 76.8 Å². The van der Waals surface area contributed by atoms with E-state index in [-0.39, 0.29) is 5.78 Å². The van der Waals surface area contributed by atoms with Gasteiger partial charge in [0.05, 0.1) is 6.61 Å². The average molecular weight is 449 g/mol. The maximum Gasteiger partial charge on any atom is 0.189 e. The molecule has 0 atom stereocenters. The number of carbonyl (C=O) groups is 1. The first-order valence-corrected chi connectivity index (χ1v) is 10.4. The summed E-state index contributed by atoms with van der Waals surface area (Å²) < 4.78 is 12.8. The molecule has 3 aromatic rings. The fourth-order valence-electron chi connectivity index (χ4n) is 3.42. The molecule has 29 heavy (non-hydrogen) atoms. The number of benzene rings is 3. The molecule has 0 N–H and O–H groups in total. The van der Waals surface area contributed by atoms with Crippen LogP contribution in [0.3, 0.4) is 0 Å². The van der Waals surface area contributed by atoms with E-state index in [9.17, 15) is 4.79 Å². The maximum absolute atomic E-state index is 12.6. The zero-order chi connectivity index (χ0) is 20.2. The first-order chi connectivity index (χ1) is 14.1. The summed E-state index contributed by atoms with van der Waals surface area (Å²) in [4.78, 5) is 12.6. The highest BCUT2D eigenvalue weighted by Crippen LogP contribution is 2.32. The molecule has 3 nitrogen and oxygen atoms in total. The minimum absolute atomic E-state index is 0.106. The normalized spacial score (nSPS) is 14.1. The van der Waals surface area contributed by atoms with Gasteiger partial charge in [-0.3, -0.25) is 4.79 Å². The van der Waals surface area contributed by atoms with Crippen LogP contribution in [0.2, 0.25) is 0 Å². The van der Waals surface area contributed by atoms with Crippen LogP contribution in [0.4, 0.5) is 0 Å². The lowest BCUT2D eigenvalue weighted by Crippen LogP contribution is -2.00. The molecular formula is C25H21BrO3. The molecular weight excluding hydrogens is 428 g/mol. The number of allylic oxidation sites excluding steroid dienone is 1. The molecule has 1 aliphatic rings. The number of halogens is 1. The molecule has 146 valence electrons. The second-order valence-electron chi connectivity index (χ2n) is 6.89. The van der Waals surface area contributed by atoms with Crippen LogP contribution in [-0.4, -0.2) is 12.4 Å². The van der Waals surface area contributed by atoms with Gasteiger partial charge in [0.1, 0.15) is 6.61 Å². The monoisotopic (exact) mass is 448 g/mol. The molecule has 1 aliphatic carbocycles. The van der Waals surface area contributed by atoms with Gasteiger partial charge < -0.3 is 9.47 Å². The number of hydrogen-bond donors (Lipinski definition) is 0. The van der Waals surface area contributed by atoms with Gasteiger partial charge in [-0.15, -0.1) is 0 Å². The SMILES string of the molecule is CCOc1cc(C=C2Cc3ccccc3C2=O)ccc1OCc1ccc(Br)cc1. The summed E-state index contributed by atoms with van der Waals surface area (Å²) in [6, 6.07) is 21.6. The predicted molar refractivity (Wildman–Crippen MR) is 119 cm³/mol. The summed E-state index contributed by atoms with van der Waals surface area (Å²) >= 11 is 3.44. The van der Waals surface area contributed by atoms with Crippen molar-refractivity contribution < 1.29 is 14.3 Å². The number of carbonyl (C=O) groups excluding carboxylic acids is 1. The third-order valence-electron chi connectivity index (χ3n) is 4.85. The van der Waals surface area contributed by atoms with Crippen molar-refractivity contribution in [2.75, 3.05) is 6.61 Å². The zero-order valence-electron chi connectivity index (χ0n) is 16.2. The Morgan fingerprint density at radius 1 is 0.966 bits per heavy atom. The first-order valence-electron chi connectivity index (χ1n) is 9.61. The van der Waals surface area contributed by atoms with E-state index < -0.39 is 0 Å². The van der Waals surface area contributed by atoms with E-state index in [4.69, 9.17) is 9.47 Å². The summed E-state index contributed by atoms with van der Waals surface area (Å²) in [6.07, 6.45) is 2.62. The smallest absolute Gasteiger partial charge is 0.189 e. The number of Topliss-reactive ketones (excluding diaryl/α,β-unsaturated/α-hetero) is 1. The number of hydrogen-bond acceptors (Lipinski definition) is 3. The predicted octanol–water partition coefficient (Wildman–Crippen LogP) is 6.25. The summed E-state index contributed by atoms with van der Waals surface area (Å²) in [5.74, 6) is 1.48. The van der Waals surface area contributed by atoms with Gasteiger partial charge >= 0.3 is 0 Å². The molecule has 0 spiro atoms. The highest BCUT2D eigenvalue weighted by molar-refractivity contribution is 9.10. The van der Waals surface area contributed by atoms with Crippen molar-refractivity contribution in [3.63, 3.8) is 0 Å². The van der Waals surface area contributed by atoms with E-state index in [1.807, 2.05) is 79.7 Å². The van der Waals surface area contributed by atoms with Gasteiger partial charge in [0, 0.05) is 22.0 Å². The van der Waals surface area contributed by atoms with E-state index in [0.29, 0.717) is 31.1 Å². The molecule has 0 unspecified atom stereocenters. The van der Waals surface area contributed by atoms with Crippen LogP contribution in [0, 0.1) is 0 Å². The number of ketones is 1. The third-order valence-corrected chi connectivity index (χ3v) is 5.38. The Labute approximate surface area is 179 Å². The van der Waals surface area contributed by atoms with Gasteiger partial charge in [-0.2, -0.15) is 0 Å². The molecule has 0 aromatic heterocycles. The van der Waals surface area contributed by atoms with Gasteiger partial charge in [0.2, 0.25) is 0 Å². The molecule has 0 bridgehead atoms. The first kappa shape index (κ1) is 19.5. The second-order valence-corrected chi connectivity index (χ2v) is 7.80. The van der Waals surface area contributed by atoms with Gasteiger partial charge in [0.15, 0.2) is 17.3 Å². The Hall–Kier alpha value is -2.85. The largest absolute Gasteiger partial charge is 0.490 e. The third kappa shape index (κ3) is 4.43. The summed E-state index contributed by atoms with van der Waals surface area (Å²) in [7, 11) is 0. The average Bonchev–Trinajstić information content (AvgIpc) is 3.04. The van der Waals surface area contributed by atoms with Crippen molar-refractivity contribution in [3.05, 3.63) is 99.0 Å². The van der Waals surface area contributed by atoms with Crippen molar-refractivity contribution in [3.8, 4) is 11.5 Å². The summed E-state index contributed by atoms with van der Waals surface area (Å²) in [5.41, 5.74) is 4.70. The van der Waals surface area contributed by atoms with E-state index in [1.54, 1.807) is 0 Å². The second kappa shape index (κ2) is 8.66. The van der Waals surface area contributed by atoms with Crippen molar-refractivity contribution in [1.82, 2.24) is 0 Å². The number of fused-ring (bicyclic) bond motifs is 1. The molecule has 3 aromatic carbocycles. The van der Waals surface area contributed by atoms with E-state index >= 15 is 0 Å². The number of ether oxygens (including phenoxy) is 2. The molecule has 4 rings (SSSR count). The Morgan fingerprint density at radius 3 is 2.52 bits per heavy atom. The van der Waals surface area contributed by atoms with E-state index in [0.717, 1.165) is 32.3 Å². The van der Waals surface area contributed by atoms with Crippen molar-refractivity contribution in [1.29, 1.82) is 0 Å². The molecule has 0 saturated heterocycles. The lowest BCUT2D eigenvalue weighted by atomic mass is 10.1. The van der Waals surface area contributed by atoms with Crippen LogP contribution in [0.1, 0.15) is 34.0 Å². The molecule has 0 fully saturated rings. The zero-order valence-corrected chi connectivity index (χ0v) is 17.7. The van der Waals surface area contributed by atoms with Crippen LogP contribution >= 0.6 is 15.9 Å². The van der Waals surface area contributed by atoms with Crippen LogP contribution in [0.25, 0.3) is 6.08 Å². The minimum atomic E-state index is 0.106. The number of rotatable bonds is 6. The lowest BCUT2D eigenvalue weighted by Gasteiger charge is -2.13. The molecule has 0 heterocycles. The Bertz CT molecular complexity index is 1070. The highest BCUT2D eigenvalue weighted by atomic mass is 79.9. The van der Waals surface area contributed by atoms with E-state index in [2.05, 4.69) is 15.9 Å². The minimum Gasteiger partial charge on any atom is -0.490 e. The van der Waals surface area contributed by atoms with Crippen molar-refractivity contribution in [2.24, 2.45) is 0 Å². The quantitative estimate of drug-likeness (QED) is 0.418. The maximum atomic E-state index is 12.6. The van der Waals surface area contributed by atoms with Crippen molar-refractivity contribution >= 4 is 27.8 Å². The van der Waals surface area contributed by atoms with Gasteiger partial charge in [-0.1, -0.05) is 58.4 Å². The van der Waals surface area contributed by atoms with Gasteiger partial charge in [-0.25, -0.2) is 0 Å². The van der Waals surface area contributed by atoms with Crippen LogP contribution in [0.5, 0.6) is 11.5 Å². The lowest BCUT2D eigenvalue weighted by molar-refractivity contribution is 0.104. The Kier molecular flexibility index (Phi) is 5.81. The van der Waals surface area contributed by atoms with Crippen LogP contribution < -0.4 is 9.47 Å². The van der Waals surface area contributed by atoms with Gasteiger partial charge in [0.25, 0.3) is 0 Å². The standard InChI is InChI=1S/C25H21BrO3/c1-2-28-24-14-18(13-20-15-19-5-3-4-6-22(19)25(20)27)9-12-23(24)29-16-17-7-10-21(26)11-8-17/h3-14H,2,15-16H2,1H3. The molecule has 0 aliphatic heterocycles. The molecule has 0 radical (unpaired) electrons. The fraction of sp³-hybridized carbons (Fsp3) is 0.160. The Morgan fingerprint density at radius 2 is 1.76 bits per heavy atom. The van der Waals surface area contributed by atoms with Crippen molar-refractivity contribution in [2.45, 2.75) is 20.0 Å². The molecule has 4 heteroatoms. The van der Waals surface area contributed by atoms with Crippen LogP contribution in [-0.2, 0) is 13.0 Å². The summed E-state index contributed by atoms with van der Waals surface area (Å²) in [5, 5.41) is 0. The fourth-order valence-corrected chi connectivity index (χ4v) is 3.68. The highest BCUT2D eigenvalue weighted by Gasteiger charge is 2.24. The Balaban J connectivity index is 1.54. The summed E-state index contributed by atoms with van der Waals surface area (Å²) in [6.45, 7) is 2.95. The van der Waals surface area contributed by atoms with Gasteiger partial charge in [-0.05, 0) is 54.0 Å². The molecule has 0 amide bonds. The van der Waals surface area contributed by atoms with E-state index in [1.165, 1.54) is 0 Å². The topological polar surface area (TPSA) is 35.5 Å².